The Morgan fingerprint density at radius 1 is 1.21 bits per heavy atom. The molecule has 1 aliphatic heterocycles. The van der Waals surface area contributed by atoms with Crippen LogP contribution in [0.5, 0.6) is 0 Å². The van der Waals surface area contributed by atoms with Gasteiger partial charge >= 0.3 is 6.09 Å². The standard InChI is InChI=1S/C24H34BrN5O3Si/c1-5-33-24(31)28-8-6-19(7-9-28)30-16-21(20-12-23(25)26-14-22(20)30)18-13-27-29(15-18)17-32-10-11-34(2,3)4/h12-16,19H,5-11,17H2,1-4H3. The number of carbonyl (C=O) groups is 1. The minimum Gasteiger partial charge on any atom is -0.450 e. The Kier molecular flexibility index (Phi) is 7.79. The van der Waals surface area contributed by atoms with Gasteiger partial charge in [0.15, 0.2) is 0 Å². The minimum atomic E-state index is -1.10. The summed E-state index contributed by atoms with van der Waals surface area (Å²) < 4.78 is 16.0. The fourth-order valence-electron chi connectivity index (χ4n) is 4.31. The number of hydrogen-bond donors (Lipinski definition) is 0. The summed E-state index contributed by atoms with van der Waals surface area (Å²) >= 11 is 3.53. The van der Waals surface area contributed by atoms with Crippen molar-refractivity contribution in [3.8, 4) is 11.1 Å². The molecular formula is C24H34BrN5O3Si. The van der Waals surface area contributed by atoms with Gasteiger partial charge in [0.2, 0.25) is 0 Å². The second kappa shape index (κ2) is 10.6. The van der Waals surface area contributed by atoms with Gasteiger partial charge in [-0.05, 0) is 47.8 Å². The van der Waals surface area contributed by atoms with Gasteiger partial charge in [-0.25, -0.2) is 14.5 Å². The fourth-order valence-corrected chi connectivity index (χ4v) is 5.39. The Bertz CT molecular complexity index is 1130. The van der Waals surface area contributed by atoms with Crippen molar-refractivity contribution in [1.82, 2.24) is 24.2 Å². The molecule has 0 aliphatic carbocycles. The maximum absolute atomic E-state index is 12.1. The predicted octanol–water partition coefficient (Wildman–Crippen LogP) is 5.77. The zero-order valence-electron chi connectivity index (χ0n) is 20.5. The summed E-state index contributed by atoms with van der Waals surface area (Å²) in [5, 5.41) is 5.67. The number of aromatic nitrogens is 4. The van der Waals surface area contributed by atoms with Gasteiger partial charge in [0.1, 0.15) is 11.3 Å². The Morgan fingerprint density at radius 3 is 2.68 bits per heavy atom. The second-order valence-corrected chi connectivity index (χ2v) is 16.4. The molecule has 34 heavy (non-hydrogen) atoms. The number of nitrogens with zero attached hydrogens (tertiary/aromatic N) is 5. The number of hydrogen-bond acceptors (Lipinski definition) is 5. The maximum atomic E-state index is 12.1. The number of pyridine rings is 1. The summed E-state index contributed by atoms with van der Waals surface area (Å²) in [5.41, 5.74) is 3.27. The van der Waals surface area contributed by atoms with E-state index in [1.807, 2.05) is 30.2 Å². The lowest BCUT2D eigenvalue weighted by Crippen LogP contribution is -2.39. The van der Waals surface area contributed by atoms with Crippen molar-refractivity contribution >= 4 is 41.0 Å². The third-order valence-corrected chi connectivity index (χ3v) is 8.37. The molecular weight excluding hydrogens is 514 g/mol. The highest BCUT2D eigenvalue weighted by Crippen LogP contribution is 2.36. The molecule has 4 rings (SSSR count). The topological polar surface area (TPSA) is 74.4 Å². The predicted molar refractivity (Wildman–Crippen MR) is 140 cm³/mol. The van der Waals surface area contributed by atoms with Crippen molar-refractivity contribution in [2.24, 2.45) is 0 Å². The van der Waals surface area contributed by atoms with Gasteiger partial charge in [0, 0.05) is 62.7 Å². The number of halogens is 1. The molecule has 1 fully saturated rings. The quantitative estimate of drug-likeness (QED) is 0.203. The number of piperidine rings is 1. The summed E-state index contributed by atoms with van der Waals surface area (Å²) in [6, 6.07) is 3.51. The molecule has 0 bridgehead atoms. The van der Waals surface area contributed by atoms with E-state index in [2.05, 4.69) is 62.5 Å². The lowest BCUT2D eigenvalue weighted by Gasteiger charge is -2.32. The van der Waals surface area contributed by atoms with Crippen molar-refractivity contribution in [3.05, 3.63) is 35.5 Å². The summed E-state index contributed by atoms with van der Waals surface area (Å²) in [4.78, 5) is 18.4. The SMILES string of the molecule is CCOC(=O)N1CCC(n2cc(-c3cnn(COCC[Si](C)(C)C)c3)c3cc(Br)ncc32)CC1. The molecule has 1 saturated heterocycles. The van der Waals surface area contributed by atoms with Crippen LogP contribution < -0.4 is 0 Å². The van der Waals surface area contributed by atoms with E-state index >= 15 is 0 Å². The number of ether oxygens (including phenoxy) is 2. The van der Waals surface area contributed by atoms with Gasteiger partial charge in [0.25, 0.3) is 0 Å². The summed E-state index contributed by atoms with van der Waals surface area (Å²) in [7, 11) is -1.10. The molecule has 10 heteroatoms. The number of likely N-dealkylation sites (tertiary alicyclic amines) is 1. The molecule has 0 saturated carbocycles. The normalized spacial score (nSPS) is 15.3. The monoisotopic (exact) mass is 547 g/mol. The average molecular weight is 549 g/mol. The molecule has 0 spiro atoms. The molecule has 1 aliphatic rings. The molecule has 0 radical (unpaired) electrons. The van der Waals surface area contributed by atoms with Crippen molar-refractivity contribution in [2.45, 2.75) is 58.2 Å². The van der Waals surface area contributed by atoms with Crippen LogP contribution in [0.1, 0.15) is 25.8 Å². The Morgan fingerprint density at radius 2 is 1.97 bits per heavy atom. The number of carbonyl (C=O) groups excluding carboxylic acids is 1. The Labute approximate surface area is 210 Å². The van der Waals surface area contributed by atoms with Crippen molar-refractivity contribution in [3.63, 3.8) is 0 Å². The molecule has 4 heterocycles. The van der Waals surface area contributed by atoms with E-state index in [1.165, 1.54) is 0 Å². The summed E-state index contributed by atoms with van der Waals surface area (Å²) in [6.45, 7) is 11.9. The Balaban J connectivity index is 1.52. The molecule has 8 nitrogen and oxygen atoms in total. The molecule has 0 atom stereocenters. The van der Waals surface area contributed by atoms with Crippen LogP contribution in [-0.2, 0) is 16.2 Å². The lowest BCUT2D eigenvalue weighted by atomic mass is 10.1. The van der Waals surface area contributed by atoms with Crippen LogP contribution in [0.2, 0.25) is 25.7 Å². The van der Waals surface area contributed by atoms with E-state index in [0.29, 0.717) is 32.5 Å². The summed E-state index contributed by atoms with van der Waals surface area (Å²) in [6.07, 6.45) is 9.61. The summed E-state index contributed by atoms with van der Waals surface area (Å²) in [5.74, 6) is 0. The van der Waals surface area contributed by atoms with Crippen LogP contribution in [0.15, 0.2) is 35.5 Å². The maximum Gasteiger partial charge on any atom is 0.409 e. The van der Waals surface area contributed by atoms with E-state index in [4.69, 9.17) is 9.47 Å². The smallest absolute Gasteiger partial charge is 0.409 e. The largest absolute Gasteiger partial charge is 0.450 e. The first-order chi connectivity index (χ1) is 16.2. The van der Waals surface area contributed by atoms with Gasteiger partial charge in [-0.2, -0.15) is 5.10 Å². The zero-order valence-corrected chi connectivity index (χ0v) is 23.0. The van der Waals surface area contributed by atoms with Gasteiger partial charge in [-0.15, -0.1) is 0 Å². The molecule has 3 aromatic heterocycles. The highest BCUT2D eigenvalue weighted by Gasteiger charge is 2.26. The zero-order chi connectivity index (χ0) is 24.3. The van der Waals surface area contributed by atoms with Gasteiger partial charge in [-0.3, -0.25) is 0 Å². The minimum absolute atomic E-state index is 0.218. The first-order valence-electron chi connectivity index (χ1n) is 11.9. The third-order valence-electron chi connectivity index (χ3n) is 6.23. The average Bonchev–Trinajstić information content (AvgIpc) is 3.41. The van der Waals surface area contributed by atoms with Gasteiger partial charge < -0.3 is 18.9 Å². The first kappa shape index (κ1) is 24.9. The number of amides is 1. The van der Waals surface area contributed by atoms with Crippen LogP contribution in [0, 0.1) is 0 Å². The fraction of sp³-hybridized carbons (Fsp3) is 0.542. The molecule has 0 N–H and O–H groups in total. The highest BCUT2D eigenvalue weighted by molar-refractivity contribution is 9.10. The van der Waals surface area contributed by atoms with Crippen LogP contribution in [-0.4, -0.2) is 64.7 Å². The highest BCUT2D eigenvalue weighted by atomic mass is 79.9. The van der Waals surface area contributed by atoms with Crippen LogP contribution in [0.25, 0.3) is 22.0 Å². The molecule has 3 aromatic rings. The molecule has 0 aromatic carbocycles. The van der Waals surface area contributed by atoms with E-state index in [0.717, 1.165) is 52.1 Å². The van der Waals surface area contributed by atoms with E-state index in [1.54, 1.807) is 4.90 Å². The second-order valence-electron chi connectivity index (χ2n) is 10.0. The van der Waals surface area contributed by atoms with Crippen molar-refractivity contribution in [1.29, 1.82) is 0 Å². The van der Waals surface area contributed by atoms with Gasteiger partial charge in [-0.1, -0.05) is 19.6 Å². The van der Waals surface area contributed by atoms with Crippen LogP contribution in [0.4, 0.5) is 4.79 Å². The number of fused-ring (bicyclic) bond motifs is 1. The molecule has 0 unspecified atom stereocenters. The van der Waals surface area contributed by atoms with Crippen LogP contribution >= 0.6 is 15.9 Å². The molecule has 1 amide bonds. The van der Waals surface area contributed by atoms with Gasteiger partial charge in [0.05, 0.1) is 24.5 Å². The molecule has 184 valence electrons. The first-order valence-corrected chi connectivity index (χ1v) is 16.4. The Hall–Kier alpha value is -2.17. The van der Waals surface area contributed by atoms with Crippen LogP contribution in [0.3, 0.4) is 0 Å². The third kappa shape index (κ3) is 5.90. The van der Waals surface area contributed by atoms with E-state index in [9.17, 15) is 4.79 Å². The lowest BCUT2D eigenvalue weighted by molar-refractivity contribution is 0.0786. The van der Waals surface area contributed by atoms with E-state index < -0.39 is 8.07 Å². The van der Waals surface area contributed by atoms with Crippen molar-refractivity contribution < 1.29 is 14.3 Å². The van der Waals surface area contributed by atoms with E-state index in [-0.39, 0.29) is 6.09 Å². The number of rotatable bonds is 8. The van der Waals surface area contributed by atoms with Crippen molar-refractivity contribution in [2.75, 3.05) is 26.3 Å².